The number of nitriles is 1. The van der Waals surface area contributed by atoms with Gasteiger partial charge in [0.15, 0.2) is 0 Å². The van der Waals surface area contributed by atoms with Gasteiger partial charge in [-0.1, -0.05) is 6.07 Å². The van der Waals surface area contributed by atoms with E-state index < -0.39 is 22.6 Å². The first-order valence-electron chi connectivity index (χ1n) is 16.8. The Morgan fingerprint density at radius 3 is 2.45 bits per heavy atom. The topological polar surface area (TPSA) is 110 Å². The number of nitrogens with one attached hydrogen (secondary N) is 1. The Kier molecular flexibility index (Phi) is 9.15. The molecule has 3 aliphatic heterocycles. The van der Waals surface area contributed by atoms with Gasteiger partial charge in [-0.15, -0.1) is 11.3 Å². The van der Waals surface area contributed by atoms with Gasteiger partial charge in [-0.3, -0.25) is 4.90 Å². The number of nitrogens with zero attached hydrogens (tertiary/aromatic N) is 7. The predicted octanol–water partition coefficient (Wildman–Crippen LogP) is 5.36. The maximum Gasteiger partial charge on any atom is 0.393 e. The van der Waals surface area contributed by atoms with Crippen molar-refractivity contribution in [2.75, 3.05) is 57.4 Å². The van der Waals surface area contributed by atoms with Crippen LogP contribution in [0.1, 0.15) is 47.4 Å². The third-order valence-corrected chi connectivity index (χ3v) is 13.0. The number of alkyl halides is 3. The van der Waals surface area contributed by atoms with Crippen LogP contribution in [0.5, 0.6) is 0 Å². The van der Waals surface area contributed by atoms with Gasteiger partial charge in [-0.25, -0.2) is 22.7 Å². The lowest BCUT2D eigenvalue weighted by atomic mass is 9.72. The molecule has 0 unspecified atom stereocenters. The number of rotatable bonds is 9. The SMILES string of the molecule is Cc1c(CN2CCC(Nc3ncnc4sc(CC(F)(F)F)cc34)CC2)ccc2c1cc(C#N)n2CCN1CC2(CCN(S(C)(=O)=O)CC2)C1. The van der Waals surface area contributed by atoms with Gasteiger partial charge in [0, 0.05) is 80.7 Å². The average molecular weight is 715 g/mol. The third kappa shape index (κ3) is 7.30. The number of thiophene rings is 1. The monoisotopic (exact) mass is 714 g/mol. The zero-order valence-corrected chi connectivity index (χ0v) is 29.4. The van der Waals surface area contributed by atoms with Crippen LogP contribution in [-0.2, 0) is 29.5 Å². The second kappa shape index (κ2) is 13.1. The van der Waals surface area contributed by atoms with Gasteiger partial charge < -0.3 is 14.8 Å². The molecule has 3 aliphatic rings. The van der Waals surface area contributed by atoms with E-state index in [4.69, 9.17) is 0 Å². The van der Waals surface area contributed by atoms with Crippen LogP contribution < -0.4 is 5.32 Å². The number of likely N-dealkylation sites (tertiary alicyclic amines) is 2. The van der Waals surface area contributed by atoms with E-state index in [-0.39, 0.29) is 16.3 Å². The molecule has 10 nitrogen and oxygen atoms in total. The fraction of sp³-hybridized carbons (Fsp3) is 0.559. The first kappa shape index (κ1) is 34.2. The van der Waals surface area contributed by atoms with E-state index in [0.717, 1.165) is 93.7 Å². The second-order valence-corrected chi connectivity index (χ2v) is 17.2. The highest BCUT2D eigenvalue weighted by Crippen LogP contribution is 2.41. The highest BCUT2D eigenvalue weighted by Gasteiger charge is 2.45. The van der Waals surface area contributed by atoms with Crippen molar-refractivity contribution in [3.63, 3.8) is 0 Å². The molecule has 7 rings (SSSR count). The van der Waals surface area contributed by atoms with Crippen LogP contribution in [0.3, 0.4) is 0 Å². The Labute approximate surface area is 288 Å². The second-order valence-electron chi connectivity index (χ2n) is 14.1. The molecule has 3 saturated heterocycles. The molecular formula is C34H41F3N8O2S2. The average Bonchev–Trinajstić information content (AvgIpc) is 3.61. The summed E-state index contributed by atoms with van der Waals surface area (Å²) in [5.74, 6) is 0.593. The number of aromatic nitrogens is 3. The highest BCUT2D eigenvalue weighted by molar-refractivity contribution is 7.88. The first-order chi connectivity index (χ1) is 23.3. The minimum Gasteiger partial charge on any atom is -0.367 e. The van der Waals surface area contributed by atoms with Crippen LogP contribution in [0.15, 0.2) is 30.6 Å². The van der Waals surface area contributed by atoms with Gasteiger partial charge in [0.25, 0.3) is 0 Å². The van der Waals surface area contributed by atoms with E-state index >= 15 is 0 Å². The lowest BCUT2D eigenvalue weighted by Gasteiger charge is -2.53. The zero-order valence-electron chi connectivity index (χ0n) is 27.8. The molecule has 15 heteroatoms. The number of sulfonamides is 1. The number of benzene rings is 1. The van der Waals surface area contributed by atoms with Crippen LogP contribution in [0.4, 0.5) is 19.0 Å². The molecule has 0 atom stereocenters. The van der Waals surface area contributed by atoms with Crippen molar-refractivity contribution in [2.45, 2.75) is 64.3 Å². The summed E-state index contributed by atoms with van der Waals surface area (Å²) in [6, 6.07) is 10.5. The summed E-state index contributed by atoms with van der Waals surface area (Å²) in [5, 5.41) is 15.2. The largest absolute Gasteiger partial charge is 0.393 e. The van der Waals surface area contributed by atoms with Crippen molar-refractivity contribution in [2.24, 2.45) is 5.41 Å². The maximum absolute atomic E-state index is 13.0. The van der Waals surface area contributed by atoms with Crippen LogP contribution in [0.2, 0.25) is 0 Å². The summed E-state index contributed by atoms with van der Waals surface area (Å²) < 4.78 is 66.4. The zero-order chi connectivity index (χ0) is 34.6. The van der Waals surface area contributed by atoms with Gasteiger partial charge in [-0.05, 0) is 67.3 Å². The van der Waals surface area contributed by atoms with Crippen molar-refractivity contribution in [3.05, 3.63) is 52.3 Å². The number of fused-ring (bicyclic) bond motifs is 2. The molecule has 0 bridgehead atoms. The molecule has 262 valence electrons. The van der Waals surface area contributed by atoms with Gasteiger partial charge >= 0.3 is 6.18 Å². The van der Waals surface area contributed by atoms with E-state index in [1.807, 2.05) is 6.07 Å². The smallest absolute Gasteiger partial charge is 0.367 e. The van der Waals surface area contributed by atoms with Crippen molar-refractivity contribution in [1.82, 2.24) is 28.6 Å². The normalized spacial score (nSPS) is 19.8. The summed E-state index contributed by atoms with van der Waals surface area (Å²) >= 11 is 1.06. The fourth-order valence-corrected chi connectivity index (χ4v) is 9.78. The van der Waals surface area contributed by atoms with Gasteiger partial charge in [0.1, 0.15) is 28.7 Å². The molecule has 0 amide bonds. The van der Waals surface area contributed by atoms with Gasteiger partial charge in [0.2, 0.25) is 10.0 Å². The molecule has 3 aromatic heterocycles. The van der Waals surface area contributed by atoms with E-state index in [1.165, 1.54) is 23.7 Å². The number of aryl methyl sites for hydroxylation is 1. The number of piperidine rings is 2. The van der Waals surface area contributed by atoms with Crippen LogP contribution in [0, 0.1) is 23.7 Å². The highest BCUT2D eigenvalue weighted by atomic mass is 32.2. The maximum atomic E-state index is 13.0. The number of anilines is 1. The molecule has 1 spiro atoms. The van der Waals surface area contributed by atoms with Gasteiger partial charge in [-0.2, -0.15) is 18.4 Å². The molecule has 0 saturated carbocycles. The molecule has 6 heterocycles. The summed E-state index contributed by atoms with van der Waals surface area (Å²) in [6.45, 7) is 9.41. The van der Waals surface area contributed by atoms with Crippen LogP contribution >= 0.6 is 11.3 Å². The Morgan fingerprint density at radius 1 is 1.04 bits per heavy atom. The summed E-state index contributed by atoms with van der Waals surface area (Å²) in [4.78, 5) is 14.2. The van der Waals surface area contributed by atoms with E-state index in [0.29, 0.717) is 34.8 Å². The minimum atomic E-state index is -4.26. The Morgan fingerprint density at radius 2 is 1.78 bits per heavy atom. The summed E-state index contributed by atoms with van der Waals surface area (Å²) in [6.07, 6.45) is 1.04. The molecule has 0 aliphatic carbocycles. The molecule has 4 aromatic rings. The minimum absolute atomic E-state index is 0.165. The molecule has 3 fully saturated rings. The third-order valence-electron chi connectivity index (χ3n) is 10.7. The number of hydrogen-bond donors (Lipinski definition) is 1. The lowest BCUT2D eigenvalue weighted by molar-refractivity contribution is -0.126. The summed E-state index contributed by atoms with van der Waals surface area (Å²) in [5.41, 5.74) is 4.36. The summed E-state index contributed by atoms with van der Waals surface area (Å²) in [7, 11) is -3.13. The molecule has 0 radical (unpaired) electrons. The van der Waals surface area contributed by atoms with Crippen molar-refractivity contribution >= 4 is 48.3 Å². The lowest BCUT2D eigenvalue weighted by Crippen LogP contribution is -2.61. The fourth-order valence-electron chi connectivity index (χ4n) is 7.91. The van der Waals surface area contributed by atoms with Crippen LogP contribution in [0.25, 0.3) is 21.1 Å². The van der Waals surface area contributed by atoms with Crippen molar-refractivity contribution in [3.8, 4) is 6.07 Å². The van der Waals surface area contributed by atoms with Gasteiger partial charge in [0.05, 0.1) is 18.1 Å². The van der Waals surface area contributed by atoms with Crippen LogP contribution in [-0.4, -0.2) is 101 Å². The Bertz CT molecular complexity index is 1990. The molecule has 49 heavy (non-hydrogen) atoms. The predicted molar refractivity (Wildman–Crippen MR) is 185 cm³/mol. The van der Waals surface area contributed by atoms with Crippen molar-refractivity contribution in [1.29, 1.82) is 5.26 Å². The standard InChI is InChI=1S/C34H41F3N8O2S2/c1-23-24(19-42-9-5-25(6-10-42)41-31-29-16-27(17-34(35,36)37)48-32(29)40-22-39-31)3-4-30-28(23)15-26(18-38)45(30)14-13-43-20-33(21-43)7-11-44(12-8-33)49(2,46)47/h3-4,15-16,22,25H,5-14,17,19-21H2,1-2H3,(H,39,40,41). The van der Waals surface area contributed by atoms with Crippen molar-refractivity contribution < 1.29 is 21.6 Å². The quantitative estimate of drug-likeness (QED) is 0.247. The first-order valence-corrected chi connectivity index (χ1v) is 19.4. The molecule has 1 aromatic carbocycles. The Balaban J connectivity index is 0.941. The number of halogens is 3. The Hall–Kier alpha value is -3.29. The molecule has 1 N–H and O–H groups in total. The van der Waals surface area contributed by atoms with E-state index in [9.17, 15) is 26.9 Å². The van der Waals surface area contributed by atoms with E-state index in [2.05, 4.69) is 54.8 Å². The van der Waals surface area contributed by atoms with E-state index in [1.54, 1.807) is 10.4 Å². The molecular weight excluding hydrogens is 674 g/mol. The number of hydrogen-bond acceptors (Lipinski definition) is 9.